The van der Waals surface area contributed by atoms with Crippen LogP contribution < -0.4 is 0 Å². The Morgan fingerprint density at radius 1 is 1.38 bits per heavy atom. The largest absolute Gasteiger partial charge is 0.382 e. The van der Waals surface area contributed by atoms with Gasteiger partial charge in [0.2, 0.25) is 0 Å². The zero-order valence-corrected chi connectivity index (χ0v) is 9.47. The van der Waals surface area contributed by atoms with Crippen LogP contribution in [0.4, 0.5) is 0 Å². The molecule has 1 fully saturated rings. The van der Waals surface area contributed by atoms with E-state index in [4.69, 9.17) is 14.2 Å². The van der Waals surface area contributed by atoms with E-state index >= 15 is 0 Å². The molecule has 0 aromatic heterocycles. The van der Waals surface area contributed by atoms with E-state index in [0.717, 1.165) is 0 Å². The van der Waals surface area contributed by atoms with E-state index in [0.29, 0.717) is 11.9 Å². The standard InChI is InChI=1S/C9H18O3S/c1-6-9(13-4)8(11-3)7(12-6)5-10-2/h6-9H,5H2,1-4H3/t6-,7+,8-,9?/m0/s1. The fourth-order valence-electron chi connectivity index (χ4n) is 1.82. The van der Waals surface area contributed by atoms with Crippen molar-refractivity contribution in [1.82, 2.24) is 0 Å². The molecule has 0 aromatic carbocycles. The van der Waals surface area contributed by atoms with Crippen molar-refractivity contribution in [3.05, 3.63) is 0 Å². The average molecular weight is 206 g/mol. The molecule has 1 aliphatic heterocycles. The molecular weight excluding hydrogens is 188 g/mol. The highest BCUT2D eigenvalue weighted by Crippen LogP contribution is 2.31. The summed E-state index contributed by atoms with van der Waals surface area (Å²) >= 11 is 1.80. The average Bonchev–Trinajstić information content (AvgIpc) is 2.41. The van der Waals surface area contributed by atoms with Gasteiger partial charge in [-0.1, -0.05) is 0 Å². The molecule has 0 N–H and O–H groups in total. The van der Waals surface area contributed by atoms with Crippen molar-refractivity contribution >= 4 is 11.8 Å². The number of thioether (sulfide) groups is 1. The van der Waals surface area contributed by atoms with E-state index in [2.05, 4.69) is 13.2 Å². The van der Waals surface area contributed by atoms with Gasteiger partial charge >= 0.3 is 0 Å². The highest BCUT2D eigenvalue weighted by Gasteiger charge is 2.41. The van der Waals surface area contributed by atoms with Crippen LogP contribution >= 0.6 is 11.8 Å². The van der Waals surface area contributed by atoms with Crippen LogP contribution in [0.3, 0.4) is 0 Å². The van der Waals surface area contributed by atoms with E-state index in [1.54, 1.807) is 26.0 Å². The topological polar surface area (TPSA) is 27.7 Å². The SMILES string of the molecule is COC[C@H]1O[C@@H](C)C(SC)[C@H]1OC. The predicted molar refractivity (Wildman–Crippen MR) is 54.3 cm³/mol. The number of hydrogen-bond donors (Lipinski definition) is 0. The predicted octanol–water partition coefficient (Wildman–Crippen LogP) is 1.17. The highest BCUT2D eigenvalue weighted by molar-refractivity contribution is 7.99. The van der Waals surface area contributed by atoms with E-state index in [9.17, 15) is 0 Å². The van der Waals surface area contributed by atoms with Crippen molar-refractivity contribution in [1.29, 1.82) is 0 Å². The van der Waals surface area contributed by atoms with Crippen LogP contribution in [0.2, 0.25) is 0 Å². The first kappa shape index (κ1) is 11.3. The molecule has 1 saturated heterocycles. The molecule has 0 aromatic rings. The van der Waals surface area contributed by atoms with Crippen LogP contribution in [-0.2, 0) is 14.2 Å². The minimum atomic E-state index is 0.0856. The third-order valence-electron chi connectivity index (χ3n) is 2.42. The number of rotatable bonds is 4. The lowest BCUT2D eigenvalue weighted by molar-refractivity contribution is -0.0404. The quantitative estimate of drug-likeness (QED) is 0.690. The molecule has 13 heavy (non-hydrogen) atoms. The summed E-state index contributed by atoms with van der Waals surface area (Å²) in [5.74, 6) is 0. The van der Waals surface area contributed by atoms with Crippen molar-refractivity contribution in [2.75, 3.05) is 27.1 Å². The van der Waals surface area contributed by atoms with Crippen LogP contribution in [0.15, 0.2) is 0 Å². The maximum Gasteiger partial charge on any atom is 0.108 e. The van der Waals surface area contributed by atoms with Gasteiger partial charge in [-0.15, -0.1) is 0 Å². The zero-order valence-electron chi connectivity index (χ0n) is 8.65. The Labute approximate surface area is 84.1 Å². The molecule has 78 valence electrons. The number of hydrogen-bond acceptors (Lipinski definition) is 4. The van der Waals surface area contributed by atoms with Gasteiger partial charge in [-0.05, 0) is 13.2 Å². The van der Waals surface area contributed by atoms with Gasteiger partial charge in [0.15, 0.2) is 0 Å². The van der Waals surface area contributed by atoms with Gasteiger partial charge in [0, 0.05) is 14.2 Å². The second-order valence-electron chi connectivity index (χ2n) is 3.24. The molecule has 1 heterocycles. The molecule has 3 nitrogen and oxygen atoms in total. The summed E-state index contributed by atoms with van der Waals surface area (Å²) in [6.07, 6.45) is 2.58. The molecule has 1 aliphatic rings. The van der Waals surface area contributed by atoms with Crippen LogP contribution in [0, 0.1) is 0 Å². The first-order chi connectivity index (χ1) is 6.24. The first-order valence-electron chi connectivity index (χ1n) is 4.44. The monoisotopic (exact) mass is 206 g/mol. The fraction of sp³-hybridized carbons (Fsp3) is 1.00. The van der Waals surface area contributed by atoms with Crippen molar-refractivity contribution in [3.63, 3.8) is 0 Å². The number of methoxy groups -OCH3 is 2. The van der Waals surface area contributed by atoms with Gasteiger partial charge < -0.3 is 14.2 Å². The first-order valence-corrected chi connectivity index (χ1v) is 5.73. The molecule has 4 heteroatoms. The molecular formula is C9H18O3S. The second kappa shape index (κ2) is 5.20. The smallest absolute Gasteiger partial charge is 0.108 e. The molecule has 0 aliphatic carbocycles. The van der Waals surface area contributed by atoms with Crippen LogP contribution in [-0.4, -0.2) is 50.6 Å². The van der Waals surface area contributed by atoms with Crippen molar-refractivity contribution in [2.45, 2.75) is 30.5 Å². The summed E-state index contributed by atoms with van der Waals surface area (Å²) in [6.45, 7) is 2.70. The molecule has 0 spiro atoms. The second-order valence-corrected chi connectivity index (χ2v) is 4.25. The van der Waals surface area contributed by atoms with Gasteiger partial charge in [-0.25, -0.2) is 0 Å². The summed E-state index contributed by atoms with van der Waals surface area (Å²) in [6, 6.07) is 0. The Balaban J connectivity index is 2.57. The van der Waals surface area contributed by atoms with E-state index in [1.165, 1.54) is 0 Å². The molecule has 0 radical (unpaired) electrons. The van der Waals surface area contributed by atoms with Gasteiger partial charge in [-0.2, -0.15) is 11.8 Å². The van der Waals surface area contributed by atoms with E-state index < -0.39 is 0 Å². The summed E-state index contributed by atoms with van der Waals surface area (Å²) < 4.78 is 16.2. The van der Waals surface area contributed by atoms with Crippen LogP contribution in [0.1, 0.15) is 6.92 Å². The Bertz CT molecular complexity index is 154. The Morgan fingerprint density at radius 2 is 2.08 bits per heavy atom. The third-order valence-corrected chi connectivity index (χ3v) is 3.61. The van der Waals surface area contributed by atoms with E-state index in [-0.39, 0.29) is 18.3 Å². The van der Waals surface area contributed by atoms with Crippen LogP contribution in [0.5, 0.6) is 0 Å². The molecule has 0 bridgehead atoms. The minimum Gasteiger partial charge on any atom is -0.382 e. The summed E-state index contributed by atoms with van der Waals surface area (Å²) in [5.41, 5.74) is 0. The van der Waals surface area contributed by atoms with Gasteiger partial charge in [0.1, 0.15) is 6.10 Å². The van der Waals surface area contributed by atoms with Gasteiger partial charge in [0.05, 0.1) is 24.1 Å². The Kier molecular flexibility index (Phi) is 4.52. The zero-order chi connectivity index (χ0) is 9.84. The lowest BCUT2D eigenvalue weighted by Gasteiger charge is -2.19. The lowest BCUT2D eigenvalue weighted by Crippen LogP contribution is -2.33. The Hall–Kier alpha value is 0.230. The van der Waals surface area contributed by atoms with E-state index in [1.807, 2.05) is 0 Å². The van der Waals surface area contributed by atoms with Gasteiger partial charge in [0.25, 0.3) is 0 Å². The normalized spacial score (nSPS) is 39.7. The maximum absolute atomic E-state index is 5.74. The van der Waals surface area contributed by atoms with Crippen molar-refractivity contribution < 1.29 is 14.2 Å². The fourth-order valence-corrected chi connectivity index (χ4v) is 2.82. The summed E-state index contributed by atoms with van der Waals surface area (Å²) in [7, 11) is 3.42. The third kappa shape index (κ3) is 2.37. The van der Waals surface area contributed by atoms with Gasteiger partial charge in [-0.3, -0.25) is 0 Å². The summed E-state index contributed by atoms with van der Waals surface area (Å²) in [4.78, 5) is 0. The molecule has 0 amide bonds. The molecule has 0 saturated carbocycles. The molecule has 4 atom stereocenters. The van der Waals surface area contributed by atoms with Crippen LogP contribution in [0.25, 0.3) is 0 Å². The molecule has 1 unspecified atom stereocenters. The summed E-state index contributed by atoms with van der Waals surface area (Å²) in [5, 5.41) is 0.421. The van der Waals surface area contributed by atoms with Crippen molar-refractivity contribution in [3.8, 4) is 0 Å². The molecule has 1 rings (SSSR count). The minimum absolute atomic E-state index is 0.0856. The Morgan fingerprint density at radius 3 is 2.54 bits per heavy atom. The number of ether oxygens (including phenoxy) is 3. The van der Waals surface area contributed by atoms with Crippen molar-refractivity contribution in [2.24, 2.45) is 0 Å². The maximum atomic E-state index is 5.74. The highest BCUT2D eigenvalue weighted by atomic mass is 32.2. The lowest BCUT2D eigenvalue weighted by atomic mass is 10.1.